The number of likely N-dealkylation sites (tertiary alicyclic amines) is 1. The van der Waals surface area contributed by atoms with Crippen molar-refractivity contribution in [2.45, 2.75) is 57.9 Å². The molecule has 3 aromatic heterocycles. The van der Waals surface area contributed by atoms with Crippen molar-refractivity contribution in [3.8, 4) is 5.82 Å². The molecule has 1 aliphatic heterocycles. The molecule has 34 heavy (non-hydrogen) atoms. The maximum atomic E-state index is 4.77. The van der Waals surface area contributed by atoms with Crippen molar-refractivity contribution in [3.05, 3.63) is 59.7 Å². The molecule has 176 valence electrons. The number of rotatable bonds is 6. The molecule has 6 rings (SSSR count). The van der Waals surface area contributed by atoms with Crippen LogP contribution in [0.4, 0.5) is 11.6 Å². The van der Waals surface area contributed by atoms with Crippen molar-refractivity contribution in [3.63, 3.8) is 0 Å². The molecule has 0 unspecified atom stereocenters. The predicted octanol–water partition coefficient (Wildman–Crippen LogP) is 5.46. The minimum atomic E-state index is 0.587. The van der Waals surface area contributed by atoms with Crippen molar-refractivity contribution in [2.24, 2.45) is 7.05 Å². The Kier molecular flexibility index (Phi) is 5.57. The van der Waals surface area contributed by atoms with Crippen LogP contribution in [0.15, 0.2) is 42.9 Å². The summed E-state index contributed by atoms with van der Waals surface area (Å²) in [6.45, 7) is 5.41. The van der Waals surface area contributed by atoms with Crippen LogP contribution in [0.5, 0.6) is 0 Å². The van der Waals surface area contributed by atoms with Crippen LogP contribution in [0.2, 0.25) is 0 Å². The van der Waals surface area contributed by atoms with Gasteiger partial charge in [-0.2, -0.15) is 10.1 Å². The molecule has 2 fully saturated rings. The van der Waals surface area contributed by atoms with Gasteiger partial charge in [0.2, 0.25) is 5.95 Å². The Morgan fingerprint density at radius 2 is 1.85 bits per heavy atom. The zero-order valence-corrected chi connectivity index (χ0v) is 20.2. The van der Waals surface area contributed by atoms with E-state index in [0.717, 1.165) is 23.7 Å². The maximum absolute atomic E-state index is 4.77. The molecule has 1 saturated carbocycles. The van der Waals surface area contributed by atoms with Crippen LogP contribution in [0.3, 0.4) is 0 Å². The van der Waals surface area contributed by atoms with Gasteiger partial charge < -0.3 is 9.88 Å². The van der Waals surface area contributed by atoms with E-state index in [1.807, 2.05) is 10.7 Å². The molecular weight excluding hydrogens is 422 g/mol. The number of fused-ring (bicyclic) bond motifs is 1. The van der Waals surface area contributed by atoms with Gasteiger partial charge in [-0.1, -0.05) is 12.8 Å². The number of anilines is 2. The Morgan fingerprint density at radius 3 is 2.68 bits per heavy atom. The van der Waals surface area contributed by atoms with Crippen molar-refractivity contribution in [1.29, 1.82) is 0 Å². The van der Waals surface area contributed by atoms with E-state index in [0.29, 0.717) is 11.9 Å². The number of benzene rings is 1. The third-order valence-electron chi connectivity index (χ3n) is 7.54. The summed E-state index contributed by atoms with van der Waals surface area (Å²) in [7, 11) is 2.14. The van der Waals surface area contributed by atoms with Crippen LogP contribution in [-0.2, 0) is 13.6 Å². The van der Waals surface area contributed by atoms with Crippen LogP contribution < -0.4 is 5.32 Å². The number of aromatic nitrogens is 5. The summed E-state index contributed by atoms with van der Waals surface area (Å²) in [4.78, 5) is 11.8. The molecule has 1 aromatic carbocycles. The molecule has 0 radical (unpaired) electrons. The van der Waals surface area contributed by atoms with Gasteiger partial charge in [0, 0.05) is 60.4 Å². The summed E-state index contributed by atoms with van der Waals surface area (Å²) >= 11 is 0. The van der Waals surface area contributed by atoms with Gasteiger partial charge in [-0.15, -0.1) is 0 Å². The number of hydrogen-bond donors (Lipinski definition) is 1. The molecular formula is C27H33N7. The summed E-state index contributed by atoms with van der Waals surface area (Å²) in [5.41, 5.74) is 6.10. The Morgan fingerprint density at radius 1 is 1.03 bits per heavy atom. The minimum Gasteiger partial charge on any atom is -0.350 e. The molecule has 0 atom stereocenters. The predicted molar refractivity (Wildman–Crippen MR) is 136 cm³/mol. The minimum absolute atomic E-state index is 0.587. The van der Waals surface area contributed by atoms with Crippen LogP contribution >= 0.6 is 0 Å². The normalized spacial score (nSPS) is 17.2. The summed E-state index contributed by atoms with van der Waals surface area (Å²) in [5, 5.41) is 9.51. The topological polar surface area (TPSA) is 63.8 Å². The fraction of sp³-hybridized carbons (Fsp3) is 0.444. The third kappa shape index (κ3) is 4.09. The monoisotopic (exact) mass is 455 g/mol. The van der Waals surface area contributed by atoms with Gasteiger partial charge in [-0.05, 0) is 75.4 Å². The van der Waals surface area contributed by atoms with Gasteiger partial charge in [-0.3, -0.25) is 4.90 Å². The van der Waals surface area contributed by atoms with E-state index in [2.05, 4.69) is 64.3 Å². The first kappa shape index (κ1) is 21.4. The number of aryl methyl sites for hydroxylation is 2. The molecule has 2 aliphatic rings. The first-order valence-electron chi connectivity index (χ1n) is 12.6. The van der Waals surface area contributed by atoms with Crippen molar-refractivity contribution < 1.29 is 0 Å². The lowest BCUT2D eigenvalue weighted by Gasteiger charge is -2.13. The Balaban J connectivity index is 1.25. The summed E-state index contributed by atoms with van der Waals surface area (Å²) in [5.74, 6) is 2.04. The fourth-order valence-corrected chi connectivity index (χ4v) is 5.68. The van der Waals surface area contributed by atoms with E-state index < -0.39 is 0 Å². The lowest BCUT2D eigenvalue weighted by molar-refractivity contribution is 0.330. The zero-order valence-electron chi connectivity index (χ0n) is 20.2. The van der Waals surface area contributed by atoms with Crippen LogP contribution in [0.1, 0.15) is 61.3 Å². The fourth-order valence-electron chi connectivity index (χ4n) is 5.68. The van der Waals surface area contributed by atoms with Crippen LogP contribution in [0.25, 0.3) is 16.7 Å². The van der Waals surface area contributed by atoms with E-state index >= 15 is 0 Å². The highest BCUT2D eigenvalue weighted by molar-refractivity contribution is 5.88. The average molecular weight is 456 g/mol. The molecule has 1 saturated heterocycles. The third-order valence-corrected chi connectivity index (χ3v) is 7.54. The highest BCUT2D eigenvalue weighted by Gasteiger charge is 2.21. The molecule has 1 aliphatic carbocycles. The Bertz CT molecular complexity index is 1310. The van der Waals surface area contributed by atoms with Gasteiger partial charge in [0.15, 0.2) is 5.82 Å². The first-order chi connectivity index (χ1) is 16.6. The highest BCUT2D eigenvalue weighted by Crippen LogP contribution is 2.39. The molecule has 0 amide bonds. The van der Waals surface area contributed by atoms with E-state index in [9.17, 15) is 0 Å². The molecule has 4 aromatic rings. The Labute approximate surface area is 200 Å². The quantitative estimate of drug-likeness (QED) is 0.418. The first-order valence-corrected chi connectivity index (χ1v) is 12.6. The molecule has 4 heterocycles. The highest BCUT2D eigenvalue weighted by atomic mass is 15.3. The molecule has 1 N–H and O–H groups in total. The number of nitrogens with zero attached hydrogens (tertiary/aromatic N) is 6. The van der Waals surface area contributed by atoms with Gasteiger partial charge in [0.25, 0.3) is 0 Å². The second-order valence-electron chi connectivity index (χ2n) is 9.94. The standard InChI is InChI=1S/C27H33N7/c1-19-21(16-33-13-5-6-14-33)17-34(31-19)26-11-12-28-27(30-26)29-22-9-10-25-23(15-22)24(18-32(25)2)20-7-3-4-8-20/h9-12,15,17-18,20H,3-8,13-14,16H2,1-2H3,(H,28,29,30). The lowest BCUT2D eigenvalue weighted by atomic mass is 9.97. The van der Waals surface area contributed by atoms with E-state index in [1.54, 1.807) is 6.20 Å². The largest absolute Gasteiger partial charge is 0.350 e. The smallest absolute Gasteiger partial charge is 0.229 e. The maximum Gasteiger partial charge on any atom is 0.229 e. The summed E-state index contributed by atoms with van der Waals surface area (Å²) in [6, 6.07) is 8.48. The van der Waals surface area contributed by atoms with Gasteiger partial charge in [0.05, 0.1) is 5.69 Å². The van der Waals surface area contributed by atoms with E-state index in [4.69, 9.17) is 10.1 Å². The second-order valence-corrected chi connectivity index (χ2v) is 9.94. The van der Waals surface area contributed by atoms with E-state index in [-0.39, 0.29) is 0 Å². The van der Waals surface area contributed by atoms with Crippen molar-refractivity contribution in [2.75, 3.05) is 18.4 Å². The van der Waals surface area contributed by atoms with Crippen LogP contribution in [-0.4, -0.2) is 42.3 Å². The SMILES string of the molecule is Cc1nn(-c2ccnc(Nc3ccc4c(c3)c(C3CCCC3)cn4C)n2)cc1CN1CCCC1. The molecule has 7 heteroatoms. The van der Waals surface area contributed by atoms with Gasteiger partial charge >= 0.3 is 0 Å². The molecule has 0 bridgehead atoms. The average Bonchev–Trinajstić information content (AvgIpc) is 3.64. The lowest BCUT2D eigenvalue weighted by Crippen LogP contribution is -2.18. The number of nitrogens with one attached hydrogen (secondary N) is 1. The zero-order chi connectivity index (χ0) is 23.1. The van der Waals surface area contributed by atoms with Gasteiger partial charge in [-0.25, -0.2) is 9.67 Å². The second kappa shape index (κ2) is 8.87. The summed E-state index contributed by atoms with van der Waals surface area (Å²) in [6.07, 6.45) is 14.1. The van der Waals surface area contributed by atoms with Crippen molar-refractivity contribution >= 4 is 22.5 Å². The van der Waals surface area contributed by atoms with Gasteiger partial charge in [0.1, 0.15) is 0 Å². The summed E-state index contributed by atoms with van der Waals surface area (Å²) < 4.78 is 4.13. The van der Waals surface area contributed by atoms with Crippen LogP contribution in [0, 0.1) is 6.92 Å². The van der Waals surface area contributed by atoms with Crippen molar-refractivity contribution in [1.82, 2.24) is 29.2 Å². The number of hydrogen-bond acceptors (Lipinski definition) is 5. The molecule has 0 spiro atoms. The molecule has 7 nitrogen and oxygen atoms in total. The van der Waals surface area contributed by atoms with E-state index in [1.165, 1.54) is 73.6 Å². The Hall–Kier alpha value is -3.19.